The van der Waals surface area contributed by atoms with Crippen molar-refractivity contribution in [1.29, 1.82) is 0 Å². The average Bonchev–Trinajstić information content (AvgIpc) is 2.66. The number of halogens is 1. The maximum Gasteiger partial charge on any atom is 0.339 e. The summed E-state index contributed by atoms with van der Waals surface area (Å²) >= 11 is 5.93. The number of esters is 1. The number of methoxy groups -OCH3 is 1. The molecule has 6 heteroatoms. The van der Waals surface area contributed by atoms with Crippen molar-refractivity contribution in [1.82, 2.24) is 0 Å². The molecule has 26 heavy (non-hydrogen) atoms. The number of nitrogens with one attached hydrogen (secondary N) is 1. The third-order valence-electron chi connectivity index (χ3n) is 3.78. The minimum Gasteiger partial charge on any atom is -0.495 e. The smallest absolute Gasteiger partial charge is 0.339 e. The highest BCUT2D eigenvalue weighted by molar-refractivity contribution is 6.31. The molecule has 3 aromatic carbocycles. The van der Waals surface area contributed by atoms with Gasteiger partial charge in [0.25, 0.3) is 5.91 Å². The maximum atomic E-state index is 12.3. The summed E-state index contributed by atoms with van der Waals surface area (Å²) in [5, 5.41) is 4.77. The SMILES string of the molecule is COc1ccc(Cl)cc1NC(=O)COC(=O)c1cccc2ccccc12. The highest BCUT2D eigenvalue weighted by atomic mass is 35.5. The van der Waals surface area contributed by atoms with Crippen LogP contribution in [0, 0.1) is 0 Å². The molecule has 0 saturated heterocycles. The van der Waals surface area contributed by atoms with Gasteiger partial charge in [-0.05, 0) is 35.0 Å². The van der Waals surface area contributed by atoms with E-state index in [1.54, 1.807) is 30.3 Å². The molecule has 1 amide bonds. The van der Waals surface area contributed by atoms with Gasteiger partial charge in [-0.15, -0.1) is 0 Å². The molecular formula is C20H16ClNO4. The summed E-state index contributed by atoms with van der Waals surface area (Å²) in [6.07, 6.45) is 0. The molecular weight excluding hydrogens is 354 g/mol. The number of anilines is 1. The van der Waals surface area contributed by atoms with Gasteiger partial charge in [-0.1, -0.05) is 48.0 Å². The van der Waals surface area contributed by atoms with Gasteiger partial charge in [0.2, 0.25) is 0 Å². The van der Waals surface area contributed by atoms with Crippen LogP contribution in [0.3, 0.4) is 0 Å². The van der Waals surface area contributed by atoms with E-state index in [0.717, 1.165) is 10.8 Å². The van der Waals surface area contributed by atoms with Crippen LogP contribution in [0.5, 0.6) is 5.75 Å². The van der Waals surface area contributed by atoms with Crippen molar-refractivity contribution in [2.45, 2.75) is 0 Å². The molecule has 0 bridgehead atoms. The Morgan fingerprint density at radius 2 is 1.81 bits per heavy atom. The van der Waals surface area contributed by atoms with Gasteiger partial charge < -0.3 is 14.8 Å². The zero-order chi connectivity index (χ0) is 18.5. The fourth-order valence-electron chi connectivity index (χ4n) is 2.58. The van der Waals surface area contributed by atoms with Gasteiger partial charge in [-0.25, -0.2) is 4.79 Å². The Kier molecular flexibility index (Phi) is 5.39. The fraction of sp³-hybridized carbons (Fsp3) is 0.100. The number of benzene rings is 3. The fourth-order valence-corrected chi connectivity index (χ4v) is 2.75. The zero-order valence-corrected chi connectivity index (χ0v) is 14.7. The number of amides is 1. The van der Waals surface area contributed by atoms with Gasteiger partial charge >= 0.3 is 5.97 Å². The Balaban J connectivity index is 1.68. The minimum atomic E-state index is -0.560. The van der Waals surface area contributed by atoms with Crippen molar-refractivity contribution in [3.63, 3.8) is 0 Å². The van der Waals surface area contributed by atoms with Crippen LogP contribution in [-0.2, 0) is 9.53 Å². The van der Waals surface area contributed by atoms with Gasteiger partial charge in [0.15, 0.2) is 6.61 Å². The first kappa shape index (κ1) is 17.8. The molecule has 0 aliphatic rings. The van der Waals surface area contributed by atoms with Gasteiger partial charge in [0.1, 0.15) is 5.75 Å². The number of ether oxygens (including phenoxy) is 2. The Bertz CT molecular complexity index is 966. The predicted octanol–water partition coefficient (Wildman–Crippen LogP) is 4.30. The first-order valence-electron chi connectivity index (χ1n) is 7.87. The van der Waals surface area contributed by atoms with E-state index >= 15 is 0 Å². The monoisotopic (exact) mass is 369 g/mol. The summed E-state index contributed by atoms with van der Waals surface area (Å²) in [7, 11) is 1.49. The van der Waals surface area contributed by atoms with Crippen molar-refractivity contribution in [3.05, 3.63) is 71.2 Å². The third-order valence-corrected chi connectivity index (χ3v) is 4.01. The van der Waals surface area contributed by atoms with Crippen LogP contribution in [0.4, 0.5) is 5.69 Å². The summed E-state index contributed by atoms with van der Waals surface area (Å²) in [5.41, 5.74) is 0.822. The average molecular weight is 370 g/mol. The summed E-state index contributed by atoms with van der Waals surface area (Å²) in [5.74, 6) is -0.586. The molecule has 5 nitrogen and oxygen atoms in total. The van der Waals surface area contributed by atoms with Crippen LogP contribution in [0.1, 0.15) is 10.4 Å². The number of fused-ring (bicyclic) bond motifs is 1. The molecule has 0 spiro atoms. The number of carbonyl (C=O) groups is 2. The van der Waals surface area contributed by atoms with Crippen LogP contribution in [0.25, 0.3) is 10.8 Å². The molecule has 0 fully saturated rings. The zero-order valence-electron chi connectivity index (χ0n) is 14.0. The summed E-state index contributed by atoms with van der Waals surface area (Å²) in [6, 6.07) is 17.7. The summed E-state index contributed by atoms with van der Waals surface area (Å²) < 4.78 is 10.3. The Morgan fingerprint density at radius 3 is 2.62 bits per heavy atom. The Morgan fingerprint density at radius 1 is 1.04 bits per heavy atom. The minimum absolute atomic E-state index is 0.409. The second-order valence-corrected chi connectivity index (χ2v) is 5.93. The van der Waals surface area contributed by atoms with Gasteiger partial charge in [0.05, 0.1) is 18.4 Å². The van der Waals surface area contributed by atoms with Gasteiger partial charge in [0, 0.05) is 5.02 Å². The van der Waals surface area contributed by atoms with E-state index in [1.165, 1.54) is 7.11 Å². The van der Waals surface area contributed by atoms with Crippen LogP contribution in [-0.4, -0.2) is 25.6 Å². The van der Waals surface area contributed by atoms with E-state index in [2.05, 4.69) is 5.32 Å². The first-order chi connectivity index (χ1) is 12.6. The number of carbonyl (C=O) groups excluding carboxylic acids is 2. The van der Waals surface area contributed by atoms with Crippen molar-refractivity contribution in [3.8, 4) is 5.75 Å². The Hall–Kier alpha value is -3.05. The van der Waals surface area contributed by atoms with Crippen molar-refractivity contribution < 1.29 is 19.1 Å². The molecule has 132 valence electrons. The van der Waals surface area contributed by atoms with Crippen LogP contribution in [0.2, 0.25) is 5.02 Å². The van der Waals surface area contributed by atoms with Gasteiger partial charge in [-0.2, -0.15) is 0 Å². The molecule has 1 N–H and O–H groups in total. The van der Waals surface area contributed by atoms with E-state index in [1.807, 2.05) is 30.3 Å². The van der Waals surface area contributed by atoms with Crippen LogP contribution < -0.4 is 10.1 Å². The highest BCUT2D eigenvalue weighted by Crippen LogP contribution is 2.27. The van der Waals surface area contributed by atoms with E-state index < -0.39 is 18.5 Å². The molecule has 0 unspecified atom stereocenters. The molecule has 0 aliphatic carbocycles. The predicted molar refractivity (Wildman–Crippen MR) is 101 cm³/mol. The molecule has 0 aliphatic heterocycles. The van der Waals surface area contributed by atoms with Crippen molar-refractivity contribution in [2.24, 2.45) is 0 Å². The quantitative estimate of drug-likeness (QED) is 0.681. The standard InChI is InChI=1S/C20H16ClNO4/c1-25-18-10-9-14(21)11-17(18)22-19(23)12-26-20(24)16-8-4-6-13-5-2-3-7-15(13)16/h2-11H,12H2,1H3,(H,22,23). The third kappa shape index (κ3) is 3.95. The lowest BCUT2D eigenvalue weighted by Crippen LogP contribution is -2.21. The molecule has 3 rings (SSSR count). The molecule has 0 aromatic heterocycles. The topological polar surface area (TPSA) is 64.6 Å². The Labute approximate surface area is 155 Å². The van der Waals surface area contributed by atoms with Crippen LogP contribution in [0.15, 0.2) is 60.7 Å². The summed E-state index contributed by atoms with van der Waals surface area (Å²) in [6.45, 7) is -0.419. The van der Waals surface area contributed by atoms with E-state index in [0.29, 0.717) is 22.0 Å². The van der Waals surface area contributed by atoms with Gasteiger partial charge in [-0.3, -0.25) is 4.79 Å². The van der Waals surface area contributed by atoms with E-state index in [9.17, 15) is 9.59 Å². The number of hydrogen-bond donors (Lipinski definition) is 1. The lowest BCUT2D eigenvalue weighted by molar-refractivity contribution is -0.119. The lowest BCUT2D eigenvalue weighted by Gasteiger charge is -2.11. The van der Waals surface area contributed by atoms with Crippen molar-refractivity contribution in [2.75, 3.05) is 19.0 Å². The van der Waals surface area contributed by atoms with Crippen LogP contribution >= 0.6 is 11.6 Å². The second kappa shape index (κ2) is 7.89. The van der Waals surface area contributed by atoms with E-state index in [-0.39, 0.29) is 0 Å². The normalized spacial score (nSPS) is 10.4. The molecule has 0 atom stereocenters. The molecule has 0 heterocycles. The van der Waals surface area contributed by atoms with Crippen molar-refractivity contribution >= 4 is 39.9 Å². The first-order valence-corrected chi connectivity index (χ1v) is 8.24. The molecule has 0 radical (unpaired) electrons. The number of hydrogen-bond acceptors (Lipinski definition) is 4. The maximum absolute atomic E-state index is 12.3. The molecule has 0 saturated carbocycles. The highest BCUT2D eigenvalue weighted by Gasteiger charge is 2.14. The second-order valence-electron chi connectivity index (χ2n) is 5.50. The number of rotatable bonds is 5. The molecule has 3 aromatic rings. The van der Waals surface area contributed by atoms with E-state index in [4.69, 9.17) is 21.1 Å². The summed E-state index contributed by atoms with van der Waals surface area (Å²) in [4.78, 5) is 24.4. The largest absolute Gasteiger partial charge is 0.495 e. The lowest BCUT2D eigenvalue weighted by atomic mass is 10.1.